The van der Waals surface area contributed by atoms with Gasteiger partial charge in [0.05, 0.1) is 26.4 Å². The Hall–Kier alpha value is -1.94. The molecular weight excluding hydrogens is 1260 g/mol. The molecule has 0 aromatic rings. The van der Waals surface area contributed by atoms with Gasteiger partial charge in [0.2, 0.25) is 0 Å². The van der Waals surface area contributed by atoms with Gasteiger partial charge in [-0.2, -0.15) is 0 Å². The molecule has 0 aromatic carbocycles. The van der Waals surface area contributed by atoms with Gasteiger partial charge in [-0.3, -0.25) is 37.3 Å². The van der Waals surface area contributed by atoms with Gasteiger partial charge in [0.1, 0.15) is 19.3 Å². The lowest BCUT2D eigenvalue weighted by molar-refractivity contribution is -0.161. The summed E-state index contributed by atoms with van der Waals surface area (Å²) in [6, 6.07) is 0. The predicted octanol–water partition coefficient (Wildman–Crippen LogP) is 22.9. The summed E-state index contributed by atoms with van der Waals surface area (Å²) in [6.07, 6.45) is 60.2. The van der Waals surface area contributed by atoms with E-state index >= 15 is 0 Å². The maximum atomic E-state index is 13.1. The Morgan fingerprint density at radius 3 is 0.708 bits per heavy atom. The molecule has 0 aliphatic heterocycles. The molecule has 0 saturated carbocycles. The molecule has 0 bridgehead atoms. The van der Waals surface area contributed by atoms with Crippen molar-refractivity contribution >= 4 is 39.5 Å². The molecule has 0 aliphatic carbocycles. The topological polar surface area (TPSA) is 237 Å². The van der Waals surface area contributed by atoms with Crippen LogP contribution in [-0.4, -0.2) is 96.7 Å². The Labute approximate surface area is 588 Å². The highest BCUT2D eigenvalue weighted by Gasteiger charge is 2.30. The standard InChI is InChI=1S/C77H150O17P2/c1-6-9-12-15-17-19-21-22-23-24-25-26-27-28-29-32-36-40-44-48-53-58-63-77(82)94-73(67-88-75(80)61-56-51-46-42-39-35-33-30-31-34-38-41-45-50-54-59-70(4)5)69-92-96(85,86)90-65-71(78)64-89-95(83,84)91-68-72(66-87-74(79)60-55-49-14-11-8-3)93-76(81)62-57-52-47-43-37-20-18-16-13-10-7-2/h70-73,78H,6-69H2,1-5H3,(H,83,84)(H,85,86)/t71-,72+,73+/m0/s1. The molecule has 3 N–H and O–H groups in total. The number of aliphatic hydroxyl groups excluding tert-OH is 1. The van der Waals surface area contributed by atoms with Crippen molar-refractivity contribution in [1.82, 2.24) is 0 Å². The molecule has 0 spiro atoms. The summed E-state index contributed by atoms with van der Waals surface area (Å²) in [7, 11) is -9.90. The Balaban J connectivity index is 5.10. The molecule has 19 heteroatoms. The van der Waals surface area contributed by atoms with Crippen LogP contribution in [-0.2, 0) is 65.4 Å². The zero-order valence-electron chi connectivity index (χ0n) is 62.5. The highest BCUT2D eigenvalue weighted by atomic mass is 31.2. The molecule has 17 nitrogen and oxygen atoms in total. The summed E-state index contributed by atoms with van der Waals surface area (Å²) in [5.74, 6) is -1.32. The van der Waals surface area contributed by atoms with E-state index in [9.17, 15) is 43.2 Å². The molecule has 0 aromatic heterocycles. The molecule has 0 saturated heterocycles. The van der Waals surface area contributed by atoms with Crippen LogP contribution in [0.3, 0.4) is 0 Å². The third kappa shape index (κ3) is 70.5. The first-order valence-electron chi connectivity index (χ1n) is 40.1. The van der Waals surface area contributed by atoms with Crippen molar-refractivity contribution < 1.29 is 80.2 Å². The first kappa shape index (κ1) is 94.1. The largest absolute Gasteiger partial charge is 0.472 e. The van der Waals surface area contributed by atoms with Crippen molar-refractivity contribution in [1.29, 1.82) is 0 Å². The van der Waals surface area contributed by atoms with Gasteiger partial charge < -0.3 is 33.8 Å². The third-order valence-electron chi connectivity index (χ3n) is 18.0. The van der Waals surface area contributed by atoms with Crippen LogP contribution in [0.5, 0.6) is 0 Å². The molecule has 0 aliphatic rings. The maximum absolute atomic E-state index is 13.1. The van der Waals surface area contributed by atoms with E-state index in [4.69, 9.17) is 37.0 Å². The summed E-state index contributed by atoms with van der Waals surface area (Å²) < 4.78 is 68.3. The zero-order valence-corrected chi connectivity index (χ0v) is 64.3. The highest BCUT2D eigenvalue weighted by Crippen LogP contribution is 2.45. The maximum Gasteiger partial charge on any atom is 0.472 e. The minimum Gasteiger partial charge on any atom is -0.462 e. The fourth-order valence-corrected chi connectivity index (χ4v) is 13.5. The molecule has 0 amide bonds. The number of phosphoric ester groups is 2. The van der Waals surface area contributed by atoms with Gasteiger partial charge in [0, 0.05) is 25.7 Å². The smallest absolute Gasteiger partial charge is 0.462 e. The Bertz CT molecular complexity index is 1840. The summed E-state index contributed by atoms with van der Waals surface area (Å²) in [4.78, 5) is 72.5. The lowest BCUT2D eigenvalue weighted by atomic mass is 10.0. The van der Waals surface area contributed by atoms with E-state index in [2.05, 4.69) is 34.6 Å². The van der Waals surface area contributed by atoms with Gasteiger partial charge in [-0.1, -0.05) is 356 Å². The number of hydrogen-bond acceptors (Lipinski definition) is 15. The van der Waals surface area contributed by atoms with Gasteiger partial charge in [0.15, 0.2) is 12.2 Å². The number of carbonyl (C=O) groups excluding carboxylic acids is 4. The average molecular weight is 1410 g/mol. The van der Waals surface area contributed by atoms with E-state index < -0.39 is 97.5 Å². The number of esters is 4. The van der Waals surface area contributed by atoms with Crippen molar-refractivity contribution in [3.63, 3.8) is 0 Å². The van der Waals surface area contributed by atoms with E-state index in [0.717, 1.165) is 102 Å². The molecule has 0 rings (SSSR count). The fraction of sp³-hybridized carbons (Fsp3) is 0.948. The zero-order chi connectivity index (χ0) is 70.5. The van der Waals surface area contributed by atoms with Crippen LogP contribution in [0.25, 0.3) is 0 Å². The number of rotatable bonds is 77. The van der Waals surface area contributed by atoms with Gasteiger partial charge >= 0.3 is 39.5 Å². The first-order chi connectivity index (χ1) is 46.5. The average Bonchev–Trinajstić information content (AvgIpc) is 2.68. The van der Waals surface area contributed by atoms with Gasteiger partial charge in [-0.25, -0.2) is 9.13 Å². The Morgan fingerprint density at radius 1 is 0.281 bits per heavy atom. The summed E-state index contributed by atoms with van der Waals surface area (Å²) in [5, 5.41) is 10.6. The van der Waals surface area contributed by atoms with E-state index in [1.165, 1.54) is 225 Å². The lowest BCUT2D eigenvalue weighted by Crippen LogP contribution is -2.30. The van der Waals surface area contributed by atoms with Crippen molar-refractivity contribution in [3.8, 4) is 0 Å². The van der Waals surface area contributed by atoms with Crippen LogP contribution in [0.15, 0.2) is 0 Å². The predicted molar refractivity (Wildman–Crippen MR) is 391 cm³/mol. The van der Waals surface area contributed by atoms with Crippen LogP contribution >= 0.6 is 15.6 Å². The summed E-state index contributed by atoms with van der Waals surface area (Å²) >= 11 is 0. The van der Waals surface area contributed by atoms with Crippen LogP contribution in [0.2, 0.25) is 0 Å². The Morgan fingerprint density at radius 2 is 0.479 bits per heavy atom. The molecule has 0 radical (unpaired) electrons. The van der Waals surface area contributed by atoms with E-state index in [1.54, 1.807) is 0 Å². The number of hydrogen-bond donors (Lipinski definition) is 3. The fourth-order valence-electron chi connectivity index (χ4n) is 11.9. The normalized spacial score (nSPS) is 13.9. The van der Waals surface area contributed by atoms with Crippen molar-refractivity contribution in [2.45, 2.75) is 425 Å². The van der Waals surface area contributed by atoms with E-state index in [0.29, 0.717) is 25.7 Å². The van der Waals surface area contributed by atoms with Crippen molar-refractivity contribution in [3.05, 3.63) is 0 Å². The van der Waals surface area contributed by atoms with Crippen molar-refractivity contribution in [2.75, 3.05) is 39.6 Å². The quantitative estimate of drug-likeness (QED) is 0.0222. The van der Waals surface area contributed by atoms with Gasteiger partial charge in [-0.15, -0.1) is 0 Å². The van der Waals surface area contributed by atoms with Crippen LogP contribution < -0.4 is 0 Å². The molecule has 0 fully saturated rings. The molecule has 570 valence electrons. The van der Waals surface area contributed by atoms with E-state index in [-0.39, 0.29) is 25.7 Å². The minimum atomic E-state index is -4.96. The number of ether oxygens (including phenoxy) is 4. The van der Waals surface area contributed by atoms with Crippen LogP contribution in [0.1, 0.15) is 407 Å². The second kappa shape index (κ2) is 70.1. The second-order valence-corrected chi connectivity index (χ2v) is 31.1. The van der Waals surface area contributed by atoms with Crippen LogP contribution in [0, 0.1) is 5.92 Å². The highest BCUT2D eigenvalue weighted by molar-refractivity contribution is 7.47. The number of phosphoric acid groups is 2. The Kier molecular flexibility index (Phi) is 68.7. The van der Waals surface area contributed by atoms with Gasteiger partial charge in [-0.05, 0) is 31.6 Å². The summed E-state index contributed by atoms with van der Waals surface area (Å²) in [5.41, 5.74) is 0. The lowest BCUT2D eigenvalue weighted by Gasteiger charge is -2.21. The SMILES string of the molecule is CCCCCCCCCCCCCCCCCCCCCCCCC(=O)O[C@H](COC(=O)CCCCCCCCCCCCCCCCCC(C)C)COP(=O)(O)OC[C@@H](O)COP(=O)(O)OC[C@@H](COC(=O)CCCCCCC)OC(=O)CCCCCCCCCCCCC. The number of unbranched alkanes of at least 4 members (excludes halogenated alkanes) is 49. The number of carbonyl (C=O) groups is 4. The monoisotopic (exact) mass is 1410 g/mol. The molecule has 2 unspecified atom stereocenters. The molecule has 96 heavy (non-hydrogen) atoms. The van der Waals surface area contributed by atoms with Gasteiger partial charge in [0.25, 0.3) is 0 Å². The molecule has 0 heterocycles. The molecule has 5 atom stereocenters. The molecular formula is C77H150O17P2. The van der Waals surface area contributed by atoms with E-state index in [1.807, 2.05) is 0 Å². The second-order valence-electron chi connectivity index (χ2n) is 28.2. The van der Waals surface area contributed by atoms with Crippen LogP contribution in [0.4, 0.5) is 0 Å². The van der Waals surface area contributed by atoms with Crippen molar-refractivity contribution in [2.24, 2.45) is 5.92 Å². The minimum absolute atomic E-state index is 0.106. The first-order valence-corrected chi connectivity index (χ1v) is 43.1. The summed E-state index contributed by atoms with van der Waals surface area (Å²) in [6.45, 7) is 7.23. The third-order valence-corrected chi connectivity index (χ3v) is 19.9. The number of aliphatic hydroxyl groups is 1.